The molecule has 0 unspecified atom stereocenters. The highest BCUT2D eigenvalue weighted by atomic mass is 127. The summed E-state index contributed by atoms with van der Waals surface area (Å²) in [6, 6.07) is 15.1. The fraction of sp³-hybridized carbons (Fsp3) is 0.133. The van der Waals surface area contributed by atoms with Crippen molar-refractivity contribution in [3.8, 4) is 0 Å². The van der Waals surface area contributed by atoms with Gasteiger partial charge in [-0.05, 0) is 51.9 Å². The van der Waals surface area contributed by atoms with E-state index in [2.05, 4.69) is 27.9 Å². The van der Waals surface area contributed by atoms with Crippen molar-refractivity contribution < 1.29 is 9.53 Å². The van der Waals surface area contributed by atoms with Gasteiger partial charge in [-0.2, -0.15) is 0 Å². The topological polar surface area (TPSA) is 38.3 Å². The number of hydrogen-bond donors (Lipinski definition) is 1. The van der Waals surface area contributed by atoms with E-state index in [0.29, 0.717) is 11.6 Å². The summed E-state index contributed by atoms with van der Waals surface area (Å²) in [4.78, 5) is 11.6. The van der Waals surface area contributed by atoms with E-state index >= 15 is 0 Å². The minimum absolute atomic E-state index is 0.263. The Labute approximate surface area is 136 Å². The second kappa shape index (κ2) is 7.50. The molecule has 0 heterocycles. The largest absolute Gasteiger partial charge is 0.445 e. The van der Waals surface area contributed by atoms with Crippen LogP contribution in [0.25, 0.3) is 0 Å². The Hall–Kier alpha value is -1.27. The number of nitrogens with one attached hydrogen (secondary N) is 1. The molecule has 2 aromatic carbocycles. The Morgan fingerprint density at radius 1 is 1.20 bits per heavy atom. The van der Waals surface area contributed by atoms with Gasteiger partial charge in [0.05, 0.1) is 0 Å². The normalized spacial score (nSPS) is 10.1. The van der Waals surface area contributed by atoms with Crippen LogP contribution in [0.1, 0.15) is 11.1 Å². The summed E-state index contributed by atoms with van der Waals surface area (Å²) in [5.41, 5.74) is 1.93. The zero-order valence-electron chi connectivity index (χ0n) is 10.6. The van der Waals surface area contributed by atoms with Crippen molar-refractivity contribution in [2.75, 3.05) is 0 Å². The third kappa shape index (κ3) is 4.68. The van der Waals surface area contributed by atoms with E-state index in [4.69, 9.17) is 16.3 Å². The smallest absolute Gasteiger partial charge is 0.407 e. The maximum absolute atomic E-state index is 11.6. The Bertz CT molecular complexity index is 590. The summed E-state index contributed by atoms with van der Waals surface area (Å²) in [6.45, 7) is 0.658. The molecule has 0 aromatic heterocycles. The van der Waals surface area contributed by atoms with Gasteiger partial charge in [0.25, 0.3) is 0 Å². The van der Waals surface area contributed by atoms with Crippen LogP contribution in [0, 0.1) is 3.57 Å². The van der Waals surface area contributed by atoms with Gasteiger partial charge in [-0.1, -0.05) is 41.9 Å². The van der Waals surface area contributed by atoms with Gasteiger partial charge in [-0.25, -0.2) is 4.79 Å². The highest BCUT2D eigenvalue weighted by Gasteiger charge is 2.05. The number of carbonyl (C=O) groups excluding carboxylic acids is 1. The van der Waals surface area contributed by atoms with Crippen LogP contribution < -0.4 is 5.32 Å². The highest BCUT2D eigenvalue weighted by Crippen LogP contribution is 2.17. The number of benzene rings is 2. The SMILES string of the molecule is O=C(NCc1cc(Cl)ccc1I)OCc1ccccc1. The van der Waals surface area contributed by atoms with Crippen molar-refractivity contribution in [1.29, 1.82) is 0 Å². The van der Waals surface area contributed by atoms with Gasteiger partial charge in [0, 0.05) is 15.1 Å². The molecule has 0 atom stereocenters. The van der Waals surface area contributed by atoms with Crippen LogP contribution in [0.2, 0.25) is 5.02 Å². The number of carbonyl (C=O) groups is 1. The number of halogens is 2. The van der Waals surface area contributed by atoms with Crippen LogP contribution in [-0.4, -0.2) is 6.09 Å². The van der Waals surface area contributed by atoms with Crippen molar-refractivity contribution in [1.82, 2.24) is 5.32 Å². The molecule has 0 spiro atoms. The fourth-order valence-corrected chi connectivity index (χ4v) is 2.34. The Kier molecular flexibility index (Phi) is 5.67. The zero-order chi connectivity index (χ0) is 14.4. The lowest BCUT2D eigenvalue weighted by atomic mass is 10.2. The van der Waals surface area contributed by atoms with Gasteiger partial charge in [0.2, 0.25) is 0 Å². The lowest BCUT2D eigenvalue weighted by molar-refractivity contribution is 0.139. The molecule has 2 aromatic rings. The Morgan fingerprint density at radius 3 is 2.70 bits per heavy atom. The van der Waals surface area contributed by atoms with Gasteiger partial charge >= 0.3 is 6.09 Å². The van der Waals surface area contributed by atoms with Crippen molar-refractivity contribution in [2.45, 2.75) is 13.2 Å². The van der Waals surface area contributed by atoms with Crippen LogP contribution >= 0.6 is 34.2 Å². The van der Waals surface area contributed by atoms with Crippen molar-refractivity contribution in [3.63, 3.8) is 0 Å². The molecule has 1 amide bonds. The van der Waals surface area contributed by atoms with Gasteiger partial charge in [-0.15, -0.1) is 0 Å². The molecule has 0 aliphatic heterocycles. The average molecular weight is 402 g/mol. The standard InChI is InChI=1S/C15H13ClINO2/c16-13-6-7-14(17)12(8-13)9-18-15(19)20-10-11-4-2-1-3-5-11/h1-8H,9-10H2,(H,18,19). The number of amides is 1. The third-order valence-electron chi connectivity index (χ3n) is 2.64. The first-order valence-corrected chi connectivity index (χ1v) is 7.49. The molecule has 0 saturated heterocycles. The molecule has 0 aliphatic rings. The maximum Gasteiger partial charge on any atom is 0.407 e. The molecular formula is C15H13ClINO2. The number of ether oxygens (including phenoxy) is 1. The summed E-state index contributed by atoms with van der Waals surface area (Å²) in [5.74, 6) is 0. The Morgan fingerprint density at radius 2 is 1.95 bits per heavy atom. The second-order valence-corrected chi connectivity index (χ2v) is 5.75. The van der Waals surface area contributed by atoms with E-state index < -0.39 is 6.09 Å². The fourth-order valence-electron chi connectivity index (χ4n) is 1.62. The van der Waals surface area contributed by atoms with Crippen molar-refractivity contribution in [3.05, 3.63) is 68.3 Å². The monoisotopic (exact) mass is 401 g/mol. The lowest BCUT2D eigenvalue weighted by Crippen LogP contribution is -2.24. The summed E-state index contributed by atoms with van der Waals surface area (Å²) < 4.78 is 6.19. The first kappa shape index (κ1) is 15.1. The minimum Gasteiger partial charge on any atom is -0.445 e. The van der Waals surface area contributed by atoms with Gasteiger partial charge in [0.15, 0.2) is 0 Å². The molecule has 0 fully saturated rings. The molecule has 0 saturated carbocycles. The third-order valence-corrected chi connectivity index (χ3v) is 3.93. The first-order valence-electron chi connectivity index (χ1n) is 6.03. The molecule has 0 aliphatic carbocycles. The Balaban J connectivity index is 1.82. The molecule has 3 nitrogen and oxygen atoms in total. The van der Waals surface area contributed by atoms with E-state index in [1.165, 1.54) is 0 Å². The van der Waals surface area contributed by atoms with Gasteiger partial charge in [0.1, 0.15) is 6.61 Å². The molecule has 0 bridgehead atoms. The van der Waals surface area contributed by atoms with Crippen LogP contribution in [0.4, 0.5) is 4.79 Å². The average Bonchev–Trinajstić information content (AvgIpc) is 2.47. The molecule has 20 heavy (non-hydrogen) atoms. The summed E-state index contributed by atoms with van der Waals surface area (Å²) in [5, 5.41) is 3.37. The lowest BCUT2D eigenvalue weighted by Gasteiger charge is -2.08. The molecule has 5 heteroatoms. The van der Waals surface area contributed by atoms with E-state index in [1.807, 2.05) is 48.5 Å². The molecule has 0 radical (unpaired) electrons. The van der Waals surface area contributed by atoms with Gasteiger partial charge < -0.3 is 10.1 Å². The number of hydrogen-bond acceptors (Lipinski definition) is 2. The zero-order valence-corrected chi connectivity index (χ0v) is 13.5. The van der Waals surface area contributed by atoms with Crippen LogP contribution in [0.15, 0.2) is 48.5 Å². The van der Waals surface area contributed by atoms with Crippen molar-refractivity contribution in [2.24, 2.45) is 0 Å². The van der Waals surface area contributed by atoms with E-state index in [1.54, 1.807) is 0 Å². The predicted octanol–water partition coefficient (Wildman–Crippen LogP) is 4.37. The second-order valence-electron chi connectivity index (χ2n) is 4.15. The maximum atomic E-state index is 11.6. The van der Waals surface area contributed by atoms with E-state index in [9.17, 15) is 4.79 Å². The summed E-state index contributed by atoms with van der Waals surface area (Å²) in [7, 11) is 0. The van der Waals surface area contributed by atoms with Crippen LogP contribution in [0.3, 0.4) is 0 Å². The quantitative estimate of drug-likeness (QED) is 0.773. The van der Waals surface area contributed by atoms with E-state index in [0.717, 1.165) is 14.7 Å². The minimum atomic E-state index is -0.440. The van der Waals surface area contributed by atoms with E-state index in [-0.39, 0.29) is 6.61 Å². The number of alkyl carbamates (subject to hydrolysis) is 1. The van der Waals surface area contributed by atoms with Crippen LogP contribution in [-0.2, 0) is 17.9 Å². The molecular weight excluding hydrogens is 389 g/mol. The highest BCUT2D eigenvalue weighted by molar-refractivity contribution is 14.1. The van der Waals surface area contributed by atoms with Crippen LogP contribution in [0.5, 0.6) is 0 Å². The molecule has 2 rings (SSSR count). The first-order chi connectivity index (χ1) is 9.65. The summed E-state index contributed by atoms with van der Waals surface area (Å²) >= 11 is 8.13. The van der Waals surface area contributed by atoms with Gasteiger partial charge in [-0.3, -0.25) is 0 Å². The predicted molar refractivity (Wildman–Crippen MR) is 87.6 cm³/mol. The molecule has 1 N–H and O–H groups in total. The molecule has 104 valence electrons. The number of rotatable bonds is 4. The van der Waals surface area contributed by atoms with Crippen molar-refractivity contribution >= 4 is 40.3 Å². The summed E-state index contributed by atoms with van der Waals surface area (Å²) in [6.07, 6.45) is -0.440.